The number of aliphatic carboxylic acids is 3. The van der Waals surface area contributed by atoms with Gasteiger partial charge in [0.2, 0.25) is 0 Å². The van der Waals surface area contributed by atoms with E-state index in [-0.39, 0.29) is 0 Å². The van der Waals surface area contributed by atoms with Gasteiger partial charge in [-0.2, -0.15) is 0 Å². The molecule has 0 atom stereocenters. The first-order valence-electron chi connectivity index (χ1n) is 13.0. The third-order valence-electron chi connectivity index (χ3n) is 6.25. The summed E-state index contributed by atoms with van der Waals surface area (Å²) in [6.07, 6.45) is 4.42. The van der Waals surface area contributed by atoms with Crippen LogP contribution in [-0.2, 0) is 34.0 Å². The first-order chi connectivity index (χ1) is 20.0. The van der Waals surface area contributed by atoms with E-state index < -0.39 is 36.4 Å². The van der Waals surface area contributed by atoms with Crippen molar-refractivity contribution < 1.29 is 44.0 Å². The molecular formula is C29H34N4O9. The Kier molecular flexibility index (Phi) is 11.2. The molecule has 0 amide bonds. The molecule has 0 bridgehead atoms. The van der Waals surface area contributed by atoms with Crippen LogP contribution < -0.4 is 4.74 Å². The highest BCUT2D eigenvalue weighted by Crippen LogP contribution is 2.21. The van der Waals surface area contributed by atoms with Crippen molar-refractivity contribution in [3.63, 3.8) is 0 Å². The fraction of sp³-hybridized carbons (Fsp3) is 0.345. The molecule has 4 N–H and O–H groups in total. The Balaban J connectivity index is 0.000000316. The predicted octanol–water partition coefficient (Wildman–Crippen LogP) is 3.19. The molecule has 0 radical (unpaired) electrons. The van der Waals surface area contributed by atoms with Gasteiger partial charge in [-0.1, -0.05) is 6.07 Å². The lowest BCUT2D eigenvalue weighted by molar-refractivity contribution is -0.170. The summed E-state index contributed by atoms with van der Waals surface area (Å²) in [7, 11) is 1.68. The average Bonchev–Trinajstić information content (AvgIpc) is 3.59. The Morgan fingerprint density at radius 3 is 2.33 bits per heavy atom. The standard InChI is InChI=1S/C23H26N4O2.C6H8O7/c1-18-4-7-22(29-18)16-27(12-3-11-26-13-10-24-17-26)15-20-6-5-19-14-21(28-2)8-9-23(19)25-20;7-3(8)1-6(13,5(11)12)2-4(9)10/h4-10,13-14,17H,3,11-12,15-16H2,1-2H3;13H,1-2H2,(H,7,8)(H,9,10)(H,11,12). The van der Waals surface area contributed by atoms with E-state index >= 15 is 0 Å². The molecular weight excluding hydrogens is 548 g/mol. The number of carbonyl (C=O) groups is 3. The average molecular weight is 583 g/mol. The van der Waals surface area contributed by atoms with E-state index in [2.05, 4.69) is 32.7 Å². The van der Waals surface area contributed by atoms with Crippen LogP contribution in [0.1, 0.15) is 36.5 Å². The molecule has 4 aromatic rings. The number of fused-ring (bicyclic) bond motifs is 1. The maximum Gasteiger partial charge on any atom is 0.336 e. The number of aromatic nitrogens is 3. The number of carboxylic acid groups (broad SMARTS) is 3. The van der Waals surface area contributed by atoms with Crippen LogP contribution in [0.5, 0.6) is 5.75 Å². The summed E-state index contributed by atoms with van der Waals surface area (Å²) in [5, 5.41) is 34.9. The van der Waals surface area contributed by atoms with Crippen LogP contribution in [0.15, 0.2) is 65.6 Å². The summed E-state index contributed by atoms with van der Waals surface area (Å²) in [5.41, 5.74) is -0.707. The monoisotopic (exact) mass is 582 g/mol. The number of pyridine rings is 1. The number of aliphatic hydroxyl groups is 1. The minimum absolute atomic E-state index is 0.764. The molecule has 4 rings (SSSR count). The number of carboxylic acids is 3. The second-order valence-corrected chi connectivity index (χ2v) is 9.72. The molecule has 1 aromatic carbocycles. The molecule has 42 heavy (non-hydrogen) atoms. The molecule has 3 heterocycles. The van der Waals surface area contributed by atoms with Gasteiger partial charge in [-0.05, 0) is 49.7 Å². The second kappa shape index (κ2) is 14.8. The third kappa shape index (κ3) is 9.71. The summed E-state index contributed by atoms with van der Waals surface area (Å²) in [5.74, 6) is -2.25. The smallest absolute Gasteiger partial charge is 0.336 e. The number of methoxy groups -OCH3 is 1. The van der Waals surface area contributed by atoms with Gasteiger partial charge < -0.3 is 34.1 Å². The number of rotatable bonds is 14. The first kappa shape index (κ1) is 31.8. The minimum atomic E-state index is -2.74. The van der Waals surface area contributed by atoms with Crippen molar-refractivity contribution in [2.24, 2.45) is 0 Å². The number of aryl methyl sites for hydroxylation is 2. The van der Waals surface area contributed by atoms with Crippen molar-refractivity contribution in [1.82, 2.24) is 19.4 Å². The summed E-state index contributed by atoms with van der Waals surface area (Å²) in [4.78, 5) is 41.8. The van der Waals surface area contributed by atoms with Gasteiger partial charge in [-0.3, -0.25) is 19.5 Å². The number of benzene rings is 1. The normalized spacial score (nSPS) is 11.2. The largest absolute Gasteiger partial charge is 0.497 e. The van der Waals surface area contributed by atoms with Crippen LogP contribution >= 0.6 is 0 Å². The lowest BCUT2D eigenvalue weighted by Crippen LogP contribution is -2.42. The SMILES string of the molecule is COc1ccc2nc(CN(CCCn3ccnc3)Cc3ccc(C)o3)ccc2c1.O=C(O)CC(O)(CC(=O)O)C(=O)O. The molecule has 0 spiro atoms. The number of nitrogens with zero attached hydrogens (tertiary/aromatic N) is 4. The highest BCUT2D eigenvalue weighted by molar-refractivity contribution is 5.88. The Morgan fingerprint density at radius 1 is 1.02 bits per heavy atom. The molecule has 0 aliphatic rings. The number of hydrogen-bond acceptors (Lipinski definition) is 9. The zero-order valence-corrected chi connectivity index (χ0v) is 23.3. The van der Waals surface area contributed by atoms with Crippen molar-refractivity contribution in [3.05, 3.63) is 78.4 Å². The summed E-state index contributed by atoms with van der Waals surface area (Å²) >= 11 is 0. The van der Waals surface area contributed by atoms with Gasteiger partial charge >= 0.3 is 17.9 Å². The first-order valence-corrected chi connectivity index (χ1v) is 13.0. The molecule has 13 nitrogen and oxygen atoms in total. The van der Waals surface area contributed by atoms with Crippen molar-refractivity contribution in [3.8, 4) is 5.75 Å². The number of imidazole rings is 1. The third-order valence-corrected chi connectivity index (χ3v) is 6.25. The molecule has 0 fully saturated rings. The zero-order valence-electron chi connectivity index (χ0n) is 23.3. The summed E-state index contributed by atoms with van der Waals surface area (Å²) < 4.78 is 13.2. The van der Waals surface area contributed by atoms with Crippen LogP contribution in [0.3, 0.4) is 0 Å². The van der Waals surface area contributed by atoms with Gasteiger partial charge in [0.25, 0.3) is 0 Å². The maximum atomic E-state index is 10.3. The van der Waals surface area contributed by atoms with Crippen molar-refractivity contribution in [2.45, 2.75) is 51.4 Å². The number of hydrogen-bond donors (Lipinski definition) is 4. The van der Waals surface area contributed by atoms with Crippen LogP contribution in [0.4, 0.5) is 0 Å². The van der Waals surface area contributed by atoms with Gasteiger partial charge in [0.15, 0.2) is 5.60 Å². The zero-order chi connectivity index (χ0) is 30.7. The molecule has 0 saturated carbocycles. The lowest BCUT2D eigenvalue weighted by atomic mass is 9.96. The van der Waals surface area contributed by atoms with E-state index in [1.807, 2.05) is 49.9 Å². The molecule has 0 unspecified atom stereocenters. The van der Waals surface area contributed by atoms with Gasteiger partial charge in [-0.15, -0.1) is 0 Å². The number of ether oxygens (including phenoxy) is 1. The Hall–Kier alpha value is -4.75. The van der Waals surface area contributed by atoms with Gasteiger partial charge in [0.05, 0.1) is 44.0 Å². The van der Waals surface area contributed by atoms with Crippen LogP contribution in [0.2, 0.25) is 0 Å². The molecule has 3 aromatic heterocycles. The Morgan fingerprint density at radius 2 is 1.76 bits per heavy atom. The van der Waals surface area contributed by atoms with Crippen molar-refractivity contribution in [1.29, 1.82) is 0 Å². The molecule has 224 valence electrons. The van der Waals surface area contributed by atoms with Crippen molar-refractivity contribution in [2.75, 3.05) is 13.7 Å². The van der Waals surface area contributed by atoms with Gasteiger partial charge in [-0.25, -0.2) is 9.78 Å². The highest BCUT2D eigenvalue weighted by atomic mass is 16.5. The Bertz CT molecular complexity index is 1470. The van der Waals surface area contributed by atoms with E-state index in [4.69, 9.17) is 34.6 Å². The van der Waals surface area contributed by atoms with E-state index in [1.165, 1.54) is 0 Å². The van der Waals surface area contributed by atoms with Gasteiger partial charge in [0, 0.05) is 37.4 Å². The fourth-order valence-electron chi connectivity index (χ4n) is 4.20. The van der Waals surface area contributed by atoms with Crippen LogP contribution in [-0.4, -0.2) is 77.0 Å². The van der Waals surface area contributed by atoms with E-state index in [0.717, 1.165) is 66.5 Å². The molecule has 0 saturated heterocycles. The number of furan rings is 1. The summed E-state index contributed by atoms with van der Waals surface area (Å²) in [6.45, 7) is 5.40. The maximum absolute atomic E-state index is 10.3. The van der Waals surface area contributed by atoms with Crippen molar-refractivity contribution >= 4 is 28.8 Å². The van der Waals surface area contributed by atoms with Crippen LogP contribution in [0.25, 0.3) is 10.9 Å². The van der Waals surface area contributed by atoms with E-state index in [0.29, 0.717) is 0 Å². The second-order valence-electron chi connectivity index (χ2n) is 9.72. The van der Waals surface area contributed by atoms with Crippen LogP contribution in [0, 0.1) is 6.92 Å². The topological polar surface area (TPSA) is 188 Å². The molecule has 13 heteroatoms. The van der Waals surface area contributed by atoms with Gasteiger partial charge in [0.1, 0.15) is 17.3 Å². The molecule has 0 aliphatic carbocycles. The highest BCUT2D eigenvalue weighted by Gasteiger charge is 2.40. The Labute approximate surface area is 241 Å². The molecule has 0 aliphatic heterocycles. The summed E-state index contributed by atoms with van der Waals surface area (Å²) in [6, 6.07) is 14.3. The fourth-order valence-corrected chi connectivity index (χ4v) is 4.20. The lowest BCUT2D eigenvalue weighted by Gasteiger charge is -2.21. The predicted molar refractivity (Wildman–Crippen MR) is 150 cm³/mol. The minimum Gasteiger partial charge on any atom is -0.497 e. The van der Waals surface area contributed by atoms with E-state index in [9.17, 15) is 14.4 Å². The quantitative estimate of drug-likeness (QED) is 0.170. The van der Waals surface area contributed by atoms with E-state index in [1.54, 1.807) is 7.11 Å².